The summed E-state index contributed by atoms with van der Waals surface area (Å²) in [6.45, 7) is 0. The number of carbonyl (C=O) groups is 1. The Morgan fingerprint density at radius 2 is 1.71 bits per heavy atom. The number of hydrogen-bond acceptors (Lipinski definition) is 7. The zero-order chi connectivity index (χ0) is 21.6. The SMILES string of the molecule is CNC(=O)C(=NOC)c1ccccc1Oc1cccc(Oc2nc3ccccc3s2)c1. The Balaban J connectivity index is 1.59. The minimum atomic E-state index is -0.384. The normalized spacial score (nSPS) is 11.2. The van der Waals surface area contributed by atoms with Crippen molar-refractivity contribution < 1.29 is 19.1 Å². The second kappa shape index (κ2) is 9.27. The second-order valence-electron chi connectivity index (χ2n) is 6.32. The topological polar surface area (TPSA) is 82.0 Å². The minimum Gasteiger partial charge on any atom is -0.457 e. The third kappa shape index (κ3) is 4.65. The Labute approximate surface area is 182 Å². The summed E-state index contributed by atoms with van der Waals surface area (Å²) < 4.78 is 13.0. The van der Waals surface area contributed by atoms with Crippen LogP contribution in [-0.4, -0.2) is 30.8 Å². The first kappa shape index (κ1) is 20.4. The molecule has 0 spiro atoms. The van der Waals surface area contributed by atoms with Gasteiger partial charge < -0.3 is 19.6 Å². The highest BCUT2D eigenvalue weighted by atomic mass is 32.1. The molecule has 0 saturated carbocycles. The molecule has 4 rings (SSSR count). The summed E-state index contributed by atoms with van der Waals surface area (Å²) in [6.07, 6.45) is 0. The predicted octanol–water partition coefficient (Wildman–Crippen LogP) is 4.98. The van der Waals surface area contributed by atoms with E-state index >= 15 is 0 Å². The third-order valence-electron chi connectivity index (χ3n) is 4.28. The van der Waals surface area contributed by atoms with E-state index in [1.54, 1.807) is 30.3 Å². The number of fused-ring (bicyclic) bond motifs is 1. The number of hydrogen-bond donors (Lipinski definition) is 1. The van der Waals surface area contributed by atoms with Crippen molar-refractivity contribution in [3.8, 4) is 22.4 Å². The summed E-state index contributed by atoms with van der Waals surface area (Å²) >= 11 is 1.47. The van der Waals surface area contributed by atoms with Crippen molar-refractivity contribution in [3.63, 3.8) is 0 Å². The Kier molecular flexibility index (Phi) is 6.09. The largest absolute Gasteiger partial charge is 0.457 e. The average molecular weight is 433 g/mol. The van der Waals surface area contributed by atoms with E-state index in [4.69, 9.17) is 14.3 Å². The molecule has 1 amide bonds. The summed E-state index contributed by atoms with van der Waals surface area (Å²) in [7, 11) is 2.91. The lowest BCUT2D eigenvalue weighted by Crippen LogP contribution is -2.28. The molecule has 0 fully saturated rings. The number of benzene rings is 3. The number of oxime groups is 1. The number of rotatable bonds is 7. The van der Waals surface area contributed by atoms with Gasteiger partial charge in [0.05, 0.1) is 15.8 Å². The van der Waals surface area contributed by atoms with Gasteiger partial charge >= 0.3 is 0 Å². The second-order valence-corrected chi connectivity index (χ2v) is 7.32. The zero-order valence-corrected chi connectivity index (χ0v) is 17.7. The van der Waals surface area contributed by atoms with Gasteiger partial charge in [-0.05, 0) is 36.4 Å². The first-order valence-electron chi connectivity index (χ1n) is 9.42. The molecule has 31 heavy (non-hydrogen) atoms. The first-order valence-corrected chi connectivity index (χ1v) is 10.2. The molecule has 1 aromatic heterocycles. The monoisotopic (exact) mass is 433 g/mol. The van der Waals surface area contributed by atoms with Crippen molar-refractivity contribution in [3.05, 3.63) is 78.4 Å². The lowest BCUT2D eigenvalue weighted by molar-refractivity contribution is -0.114. The minimum absolute atomic E-state index is 0.113. The number of aromatic nitrogens is 1. The van der Waals surface area contributed by atoms with Crippen LogP contribution < -0.4 is 14.8 Å². The third-order valence-corrected chi connectivity index (χ3v) is 5.19. The van der Waals surface area contributed by atoms with Gasteiger partial charge in [0.15, 0.2) is 5.71 Å². The molecule has 8 heteroatoms. The summed E-state index contributed by atoms with van der Waals surface area (Å²) in [4.78, 5) is 21.6. The standard InChI is InChI=1S/C23H19N3O4S/c1-24-22(27)21(26-28-2)17-10-3-5-12-19(17)29-15-8-7-9-16(14-15)30-23-25-18-11-4-6-13-20(18)31-23/h3-14H,1-2H3,(H,24,27). The lowest BCUT2D eigenvalue weighted by atomic mass is 10.1. The van der Waals surface area contributed by atoms with Gasteiger partial charge in [0.1, 0.15) is 24.4 Å². The number of para-hydroxylation sites is 2. The van der Waals surface area contributed by atoms with Crippen molar-refractivity contribution >= 4 is 33.2 Å². The number of likely N-dealkylation sites (N-methyl/N-ethyl adjacent to an activating group) is 1. The predicted molar refractivity (Wildman–Crippen MR) is 120 cm³/mol. The Bertz CT molecular complexity index is 1220. The van der Waals surface area contributed by atoms with Crippen molar-refractivity contribution in [1.82, 2.24) is 10.3 Å². The molecule has 0 atom stereocenters. The fourth-order valence-corrected chi connectivity index (χ4v) is 3.73. The highest BCUT2D eigenvalue weighted by molar-refractivity contribution is 7.20. The number of ether oxygens (including phenoxy) is 2. The smallest absolute Gasteiger partial charge is 0.279 e. The van der Waals surface area contributed by atoms with E-state index in [0.29, 0.717) is 28.0 Å². The molecule has 0 unspecified atom stereocenters. The van der Waals surface area contributed by atoms with Crippen molar-refractivity contribution in [1.29, 1.82) is 0 Å². The number of nitrogens with one attached hydrogen (secondary N) is 1. The molecule has 1 N–H and O–H groups in total. The van der Waals surface area contributed by atoms with Crippen LogP contribution in [0.1, 0.15) is 5.56 Å². The van der Waals surface area contributed by atoms with E-state index in [1.807, 2.05) is 42.5 Å². The molecular weight excluding hydrogens is 414 g/mol. The number of nitrogens with zero attached hydrogens (tertiary/aromatic N) is 2. The van der Waals surface area contributed by atoms with E-state index in [-0.39, 0.29) is 11.6 Å². The van der Waals surface area contributed by atoms with Gasteiger partial charge in [-0.15, -0.1) is 0 Å². The summed E-state index contributed by atoms with van der Waals surface area (Å²) in [5.41, 5.74) is 1.51. The molecule has 0 bridgehead atoms. The summed E-state index contributed by atoms with van der Waals surface area (Å²) in [5, 5.41) is 6.96. The van der Waals surface area contributed by atoms with Crippen LogP contribution in [0.3, 0.4) is 0 Å². The molecule has 0 aliphatic carbocycles. The van der Waals surface area contributed by atoms with Crippen molar-refractivity contribution in [2.24, 2.45) is 5.16 Å². The molecular formula is C23H19N3O4S. The van der Waals surface area contributed by atoms with Crippen LogP contribution in [0.2, 0.25) is 0 Å². The Morgan fingerprint density at radius 1 is 0.968 bits per heavy atom. The molecule has 0 saturated heterocycles. The summed E-state index contributed by atoms with van der Waals surface area (Å²) in [6, 6.07) is 22.2. The first-order chi connectivity index (χ1) is 15.2. The van der Waals surface area contributed by atoms with Gasteiger partial charge in [-0.1, -0.05) is 46.8 Å². The number of thiazole rings is 1. The van der Waals surface area contributed by atoms with E-state index in [0.717, 1.165) is 10.2 Å². The van der Waals surface area contributed by atoms with Gasteiger partial charge in [0, 0.05) is 13.1 Å². The summed E-state index contributed by atoms with van der Waals surface area (Å²) in [5.74, 6) is 1.20. The van der Waals surface area contributed by atoms with E-state index in [1.165, 1.54) is 25.5 Å². The lowest BCUT2D eigenvalue weighted by Gasteiger charge is -2.12. The van der Waals surface area contributed by atoms with Crippen LogP contribution in [0.4, 0.5) is 0 Å². The molecule has 7 nitrogen and oxygen atoms in total. The maximum Gasteiger partial charge on any atom is 0.279 e. The molecule has 0 aliphatic rings. The Morgan fingerprint density at radius 3 is 2.48 bits per heavy atom. The van der Waals surface area contributed by atoms with Crippen LogP contribution >= 0.6 is 11.3 Å². The fraction of sp³-hybridized carbons (Fsp3) is 0.0870. The van der Waals surface area contributed by atoms with Crippen LogP contribution in [0.25, 0.3) is 10.2 Å². The maximum atomic E-state index is 12.2. The molecule has 3 aromatic carbocycles. The highest BCUT2D eigenvalue weighted by Crippen LogP contribution is 2.34. The molecule has 0 aliphatic heterocycles. The molecule has 0 radical (unpaired) electrons. The Hall–Kier alpha value is -3.91. The van der Waals surface area contributed by atoms with E-state index in [2.05, 4.69) is 15.5 Å². The average Bonchev–Trinajstić information content (AvgIpc) is 3.20. The van der Waals surface area contributed by atoms with Gasteiger partial charge in [-0.2, -0.15) is 0 Å². The zero-order valence-electron chi connectivity index (χ0n) is 16.9. The van der Waals surface area contributed by atoms with Gasteiger partial charge in [-0.25, -0.2) is 4.98 Å². The van der Waals surface area contributed by atoms with E-state index < -0.39 is 0 Å². The van der Waals surface area contributed by atoms with E-state index in [9.17, 15) is 4.79 Å². The van der Waals surface area contributed by atoms with Gasteiger partial charge in [0.25, 0.3) is 11.1 Å². The van der Waals surface area contributed by atoms with Gasteiger partial charge in [0.2, 0.25) is 0 Å². The number of amides is 1. The van der Waals surface area contributed by atoms with Crippen LogP contribution in [0.5, 0.6) is 22.4 Å². The maximum absolute atomic E-state index is 12.2. The molecule has 4 aromatic rings. The van der Waals surface area contributed by atoms with Crippen LogP contribution in [-0.2, 0) is 9.63 Å². The number of carbonyl (C=O) groups excluding carboxylic acids is 1. The van der Waals surface area contributed by atoms with Gasteiger partial charge in [-0.3, -0.25) is 4.79 Å². The molecule has 156 valence electrons. The van der Waals surface area contributed by atoms with Crippen molar-refractivity contribution in [2.45, 2.75) is 0 Å². The van der Waals surface area contributed by atoms with Crippen LogP contribution in [0.15, 0.2) is 78.0 Å². The van der Waals surface area contributed by atoms with Crippen LogP contribution in [0, 0.1) is 0 Å². The van der Waals surface area contributed by atoms with Crippen molar-refractivity contribution in [2.75, 3.05) is 14.2 Å². The highest BCUT2D eigenvalue weighted by Gasteiger charge is 2.19. The molecule has 1 heterocycles. The fourth-order valence-electron chi connectivity index (χ4n) is 2.90. The quantitative estimate of drug-likeness (QED) is 0.328.